The zero-order valence-electron chi connectivity index (χ0n) is 17.6. The van der Waals surface area contributed by atoms with E-state index in [9.17, 15) is 9.18 Å². The number of aromatic nitrogens is 2. The van der Waals surface area contributed by atoms with Crippen molar-refractivity contribution in [1.29, 1.82) is 0 Å². The van der Waals surface area contributed by atoms with E-state index in [0.717, 1.165) is 43.6 Å². The maximum absolute atomic E-state index is 14.4. The molecule has 0 amide bonds. The van der Waals surface area contributed by atoms with Crippen molar-refractivity contribution in [3.63, 3.8) is 0 Å². The molecule has 5 nitrogen and oxygen atoms in total. The van der Waals surface area contributed by atoms with Crippen molar-refractivity contribution >= 4 is 28.1 Å². The van der Waals surface area contributed by atoms with Crippen LogP contribution in [0, 0.1) is 17.7 Å². The van der Waals surface area contributed by atoms with Crippen molar-refractivity contribution in [2.75, 3.05) is 23.3 Å². The highest BCUT2D eigenvalue weighted by Gasteiger charge is 2.41. The molecule has 3 fully saturated rings. The Hall–Kier alpha value is -2.89. The predicted molar refractivity (Wildman–Crippen MR) is 122 cm³/mol. The summed E-state index contributed by atoms with van der Waals surface area (Å²) < 4.78 is 16.2. The van der Waals surface area contributed by atoms with Crippen LogP contribution in [0.5, 0.6) is 0 Å². The minimum absolute atomic E-state index is 0.0967. The van der Waals surface area contributed by atoms with Crippen LogP contribution < -0.4 is 15.8 Å². The third kappa shape index (κ3) is 3.29. The number of hydrogen-bond acceptors (Lipinski definition) is 4. The van der Waals surface area contributed by atoms with Gasteiger partial charge in [0.1, 0.15) is 5.82 Å². The Morgan fingerprint density at radius 2 is 1.84 bits per heavy atom. The van der Waals surface area contributed by atoms with Gasteiger partial charge in [-0.2, -0.15) is 0 Å². The van der Waals surface area contributed by atoms with Crippen molar-refractivity contribution in [3.8, 4) is 0 Å². The molecule has 3 unspecified atom stereocenters. The zero-order valence-corrected chi connectivity index (χ0v) is 17.6. The highest BCUT2D eigenvalue weighted by molar-refractivity contribution is 5.81. The second-order valence-electron chi connectivity index (χ2n) is 9.40. The number of halogens is 1. The van der Waals surface area contributed by atoms with Gasteiger partial charge < -0.3 is 14.8 Å². The fourth-order valence-corrected chi connectivity index (χ4v) is 6.00. The van der Waals surface area contributed by atoms with Gasteiger partial charge in [0.25, 0.3) is 5.56 Å². The lowest BCUT2D eigenvalue weighted by Crippen LogP contribution is -2.30. The van der Waals surface area contributed by atoms with Crippen LogP contribution in [-0.4, -0.2) is 22.6 Å². The molecule has 1 saturated heterocycles. The van der Waals surface area contributed by atoms with Gasteiger partial charge in [-0.15, -0.1) is 0 Å². The van der Waals surface area contributed by atoms with E-state index in [2.05, 4.69) is 39.5 Å². The second-order valence-corrected chi connectivity index (χ2v) is 9.40. The van der Waals surface area contributed by atoms with E-state index >= 15 is 0 Å². The van der Waals surface area contributed by atoms with Gasteiger partial charge in [0, 0.05) is 48.2 Å². The summed E-state index contributed by atoms with van der Waals surface area (Å²) in [4.78, 5) is 19.7. The van der Waals surface area contributed by atoms with Crippen LogP contribution in [-0.2, 0) is 0 Å². The van der Waals surface area contributed by atoms with Gasteiger partial charge in [0.15, 0.2) is 5.82 Å². The molecule has 1 aliphatic heterocycles. The number of nitrogens with one attached hydrogen (secondary N) is 1. The van der Waals surface area contributed by atoms with E-state index in [0.29, 0.717) is 23.0 Å². The van der Waals surface area contributed by atoms with Crippen LogP contribution in [0.15, 0.2) is 47.4 Å². The topological polar surface area (TPSA) is 50.2 Å². The number of hydrogen-bond donors (Lipinski definition) is 1. The van der Waals surface area contributed by atoms with E-state index < -0.39 is 11.4 Å². The molecule has 6 rings (SSSR count). The predicted octanol–water partition coefficient (Wildman–Crippen LogP) is 5.24. The number of anilines is 3. The first-order chi connectivity index (χ1) is 15.2. The normalized spacial score (nSPS) is 24.9. The molecule has 2 saturated carbocycles. The standard InChI is InChI=1S/C25H27FN4O/c26-21-13-18-15-27-24(28-19-5-7-20(8-6-19)29-9-1-2-10-29)14-23(18)30(25(21)31)22-12-16-3-4-17(22)11-16/h5-8,13-17,22H,1-4,9-12H2,(H,27,28). The number of fused-ring (bicyclic) bond motifs is 3. The van der Waals surface area contributed by atoms with Gasteiger partial charge in [0.05, 0.1) is 5.52 Å². The molecule has 0 spiro atoms. The summed E-state index contributed by atoms with van der Waals surface area (Å²) in [6, 6.07) is 11.7. The summed E-state index contributed by atoms with van der Waals surface area (Å²) in [5.74, 6) is 1.14. The van der Waals surface area contributed by atoms with Gasteiger partial charge in [-0.1, -0.05) is 6.42 Å². The van der Waals surface area contributed by atoms with Crippen LogP contribution in [0.25, 0.3) is 10.9 Å². The van der Waals surface area contributed by atoms with Gasteiger partial charge in [-0.05, 0) is 74.3 Å². The van der Waals surface area contributed by atoms with Crippen molar-refractivity contribution in [1.82, 2.24) is 9.55 Å². The van der Waals surface area contributed by atoms with E-state index in [1.807, 2.05) is 6.07 Å². The first-order valence-electron chi connectivity index (χ1n) is 11.5. The van der Waals surface area contributed by atoms with Crippen molar-refractivity contribution < 1.29 is 4.39 Å². The number of nitrogens with zero attached hydrogens (tertiary/aromatic N) is 3. The van der Waals surface area contributed by atoms with E-state index in [-0.39, 0.29) is 6.04 Å². The summed E-state index contributed by atoms with van der Waals surface area (Å²) in [5.41, 5.74) is 2.47. The monoisotopic (exact) mass is 418 g/mol. The first-order valence-corrected chi connectivity index (χ1v) is 11.5. The average molecular weight is 419 g/mol. The molecule has 6 heteroatoms. The van der Waals surface area contributed by atoms with Crippen molar-refractivity contribution in [2.24, 2.45) is 11.8 Å². The highest BCUT2D eigenvalue weighted by atomic mass is 19.1. The molecule has 2 aliphatic carbocycles. The van der Waals surface area contributed by atoms with E-state index in [4.69, 9.17) is 0 Å². The average Bonchev–Trinajstić information content (AvgIpc) is 3.54. The Balaban J connectivity index is 1.34. The fourth-order valence-electron chi connectivity index (χ4n) is 6.00. The molecule has 1 aromatic carbocycles. The van der Waals surface area contributed by atoms with Crippen LogP contribution >= 0.6 is 0 Å². The molecule has 3 aromatic rings. The Morgan fingerprint density at radius 3 is 2.55 bits per heavy atom. The lowest BCUT2D eigenvalue weighted by atomic mass is 9.94. The third-order valence-electron chi connectivity index (χ3n) is 7.52. The Bertz CT molecular complexity index is 1180. The smallest absolute Gasteiger partial charge is 0.287 e. The maximum atomic E-state index is 14.4. The largest absolute Gasteiger partial charge is 0.372 e. The second kappa shape index (κ2) is 7.36. The van der Waals surface area contributed by atoms with Crippen molar-refractivity contribution in [3.05, 3.63) is 58.8 Å². The third-order valence-corrected chi connectivity index (χ3v) is 7.52. The molecule has 160 valence electrons. The summed E-state index contributed by atoms with van der Waals surface area (Å²) in [6.45, 7) is 2.24. The van der Waals surface area contributed by atoms with Gasteiger partial charge in [-0.25, -0.2) is 9.37 Å². The quantitative estimate of drug-likeness (QED) is 0.629. The zero-order chi connectivity index (χ0) is 20.9. The molecule has 1 N–H and O–H groups in total. The first kappa shape index (κ1) is 18.8. The molecule has 2 bridgehead atoms. The number of pyridine rings is 2. The summed E-state index contributed by atoms with van der Waals surface area (Å²) in [5, 5.41) is 4.04. The summed E-state index contributed by atoms with van der Waals surface area (Å²) in [7, 11) is 0. The van der Waals surface area contributed by atoms with E-state index in [1.165, 1.54) is 31.0 Å². The number of benzene rings is 1. The minimum atomic E-state index is -0.685. The molecule has 3 atom stereocenters. The minimum Gasteiger partial charge on any atom is -0.372 e. The Morgan fingerprint density at radius 1 is 1.03 bits per heavy atom. The SMILES string of the molecule is O=c1c(F)cc2cnc(Nc3ccc(N4CCCC4)cc3)cc2n1C1CC2CCC1C2. The van der Waals surface area contributed by atoms with Crippen molar-refractivity contribution in [2.45, 2.75) is 44.6 Å². The molecular weight excluding hydrogens is 391 g/mol. The van der Waals surface area contributed by atoms with Crippen LogP contribution in [0.2, 0.25) is 0 Å². The lowest BCUT2D eigenvalue weighted by molar-refractivity contribution is 0.326. The van der Waals surface area contributed by atoms with E-state index in [1.54, 1.807) is 10.8 Å². The Labute approximate surface area is 180 Å². The molecule has 0 radical (unpaired) electrons. The molecule has 31 heavy (non-hydrogen) atoms. The summed E-state index contributed by atoms with van der Waals surface area (Å²) >= 11 is 0. The molecule has 2 aromatic heterocycles. The molecular formula is C25H27FN4O. The maximum Gasteiger partial charge on any atom is 0.287 e. The van der Waals surface area contributed by atoms with Gasteiger partial charge in [-0.3, -0.25) is 4.79 Å². The fraction of sp³-hybridized carbons (Fsp3) is 0.440. The summed E-state index contributed by atoms with van der Waals surface area (Å²) in [6.07, 6.45) is 8.70. The lowest BCUT2D eigenvalue weighted by Gasteiger charge is -2.26. The number of rotatable bonds is 4. The van der Waals surface area contributed by atoms with Gasteiger partial charge in [0.2, 0.25) is 0 Å². The van der Waals surface area contributed by atoms with Crippen LogP contribution in [0.4, 0.5) is 21.6 Å². The van der Waals surface area contributed by atoms with Crippen LogP contribution in [0.1, 0.15) is 44.6 Å². The molecule has 3 heterocycles. The highest BCUT2D eigenvalue weighted by Crippen LogP contribution is 2.50. The van der Waals surface area contributed by atoms with Crippen LogP contribution in [0.3, 0.4) is 0 Å². The molecule has 3 aliphatic rings. The Kier molecular flexibility index (Phi) is 4.47. The van der Waals surface area contributed by atoms with Gasteiger partial charge >= 0.3 is 0 Å².